The van der Waals surface area contributed by atoms with Crippen LogP contribution >= 0.6 is 0 Å². The quantitative estimate of drug-likeness (QED) is 0.450. The van der Waals surface area contributed by atoms with Gasteiger partial charge in [0.1, 0.15) is 12.4 Å². The van der Waals surface area contributed by atoms with E-state index in [1.807, 2.05) is 54.6 Å². The first kappa shape index (κ1) is 18.1. The van der Waals surface area contributed by atoms with E-state index in [2.05, 4.69) is 10.3 Å². The van der Waals surface area contributed by atoms with Crippen molar-refractivity contribution in [2.24, 2.45) is 0 Å². The molecular formula is C24H18N2O4. The average Bonchev–Trinajstić information content (AvgIpc) is 3.31. The topological polar surface area (TPSA) is 91.4 Å². The number of carbonyl (C=O) groups excluding carboxylic acids is 2. The number of amides is 2. The monoisotopic (exact) mass is 398 g/mol. The molecule has 0 saturated heterocycles. The number of aromatic amines is 1. The molecule has 0 bridgehead atoms. The van der Waals surface area contributed by atoms with Gasteiger partial charge in [-0.1, -0.05) is 42.5 Å². The molecule has 6 nitrogen and oxygen atoms in total. The van der Waals surface area contributed by atoms with Crippen LogP contribution in [0.5, 0.6) is 5.75 Å². The predicted molar refractivity (Wildman–Crippen MR) is 115 cm³/mol. The van der Waals surface area contributed by atoms with Crippen LogP contribution in [0.25, 0.3) is 32.8 Å². The minimum atomic E-state index is -0.440. The van der Waals surface area contributed by atoms with Crippen LogP contribution in [-0.2, 0) is 9.59 Å². The minimum absolute atomic E-state index is 0.121. The second-order valence-electron chi connectivity index (χ2n) is 7.05. The van der Waals surface area contributed by atoms with E-state index in [1.165, 1.54) is 0 Å². The van der Waals surface area contributed by atoms with Gasteiger partial charge in [0.15, 0.2) is 0 Å². The summed E-state index contributed by atoms with van der Waals surface area (Å²) >= 11 is 0. The number of rotatable bonds is 5. The number of aromatic nitrogens is 1. The molecule has 6 heteroatoms. The molecule has 5 rings (SSSR count). The molecule has 0 fully saturated rings. The third kappa shape index (κ3) is 2.86. The van der Waals surface area contributed by atoms with Gasteiger partial charge in [-0.25, -0.2) is 0 Å². The molecule has 0 atom stereocenters. The van der Waals surface area contributed by atoms with E-state index in [1.54, 1.807) is 12.3 Å². The van der Waals surface area contributed by atoms with Gasteiger partial charge >= 0.3 is 0 Å². The smallest absolute Gasteiger partial charge is 0.259 e. The summed E-state index contributed by atoms with van der Waals surface area (Å²) < 4.78 is 5.63. The van der Waals surface area contributed by atoms with Crippen LogP contribution in [-0.4, -0.2) is 35.1 Å². The van der Waals surface area contributed by atoms with Crippen molar-refractivity contribution in [1.82, 2.24) is 10.3 Å². The fourth-order valence-corrected chi connectivity index (χ4v) is 3.98. The number of carbonyl (C=O) groups is 2. The Morgan fingerprint density at radius 3 is 2.33 bits per heavy atom. The first-order valence-corrected chi connectivity index (χ1v) is 9.60. The number of aliphatic hydroxyl groups excluding tert-OH is 1. The molecule has 1 aromatic heterocycles. The molecule has 1 aliphatic rings. The summed E-state index contributed by atoms with van der Waals surface area (Å²) in [7, 11) is 0. The van der Waals surface area contributed by atoms with Gasteiger partial charge in [0.05, 0.1) is 17.8 Å². The molecular weight excluding hydrogens is 380 g/mol. The van der Waals surface area contributed by atoms with Crippen molar-refractivity contribution in [3.63, 3.8) is 0 Å². The molecule has 3 aromatic carbocycles. The van der Waals surface area contributed by atoms with Gasteiger partial charge in [0.2, 0.25) is 0 Å². The molecule has 3 N–H and O–H groups in total. The molecule has 0 unspecified atom stereocenters. The molecule has 4 aromatic rings. The van der Waals surface area contributed by atoms with E-state index in [9.17, 15) is 9.59 Å². The fourth-order valence-electron chi connectivity index (χ4n) is 3.98. The van der Waals surface area contributed by atoms with Crippen LogP contribution in [0.2, 0.25) is 0 Å². The van der Waals surface area contributed by atoms with E-state index >= 15 is 0 Å². The number of fused-ring (bicyclic) bond motifs is 2. The first-order valence-electron chi connectivity index (χ1n) is 9.60. The van der Waals surface area contributed by atoms with E-state index < -0.39 is 11.8 Å². The summed E-state index contributed by atoms with van der Waals surface area (Å²) in [5.41, 5.74) is 2.83. The van der Waals surface area contributed by atoms with Gasteiger partial charge < -0.3 is 14.8 Å². The van der Waals surface area contributed by atoms with Crippen molar-refractivity contribution in [3.8, 4) is 5.75 Å². The average molecular weight is 398 g/mol. The highest BCUT2D eigenvalue weighted by Crippen LogP contribution is 2.39. The third-order valence-electron chi connectivity index (χ3n) is 5.25. The van der Waals surface area contributed by atoms with E-state index in [0.29, 0.717) is 28.0 Å². The summed E-state index contributed by atoms with van der Waals surface area (Å²) in [6.45, 7) is 0.0156. The first-order chi connectivity index (χ1) is 14.7. The van der Waals surface area contributed by atoms with Crippen LogP contribution in [0.3, 0.4) is 0 Å². The van der Waals surface area contributed by atoms with Crippen LogP contribution < -0.4 is 10.1 Å². The number of aliphatic hydroxyl groups is 1. The largest absolute Gasteiger partial charge is 0.491 e. The van der Waals surface area contributed by atoms with Crippen molar-refractivity contribution in [3.05, 3.63) is 78.0 Å². The number of para-hydroxylation sites is 1. The van der Waals surface area contributed by atoms with Crippen molar-refractivity contribution in [2.75, 3.05) is 13.2 Å². The Morgan fingerprint density at radius 1 is 0.833 bits per heavy atom. The lowest BCUT2D eigenvalue weighted by Gasteiger charge is -2.12. The molecule has 30 heavy (non-hydrogen) atoms. The molecule has 0 saturated carbocycles. The predicted octanol–water partition coefficient (Wildman–Crippen LogP) is 3.26. The van der Waals surface area contributed by atoms with Crippen LogP contribution in [0.4, 0.5) is 0 Å². The summed E-state index contributed by atoms with van der Waals surface area (Å²) in [6.07, 6.45) is 1.76. The second kappa shape index (κ2) is 7.17. The van der Waals surface area contributed by atoms with Crippen molar-refractivity contribution in [1.29, 1.82) is 0 Å². The van der Waals surface area contributed by atoms with E-state index in [4.69, 9.17) is 9.84 Å². The zero-order valence-electron chi connectivity index (χ0n) is 15.9. The van der Waals surface area contributed by atoms with Gasteiger partial charge in [0.25, 0.3) is 11.8 Å². The molecule has 0 aliphatic carbocycles. The normalized spacial score (nSPS) is 14.0. The molecule has 1 aliphatic heterocycles. The zero-order valence-corrected chi connectivity index (χ0v) is 15.9. The number of hydrogen-bond acceptors (Lipinski definition) is 4. The Balaban J connectivity index is 1.81. The number of imide groups is 1. The highest BCUT2D eigenvalue weighted by Gasteiger charge is 2.34. The SMILES string of the molecule is O=C1NC(=O)C(c2c[nH]c3ccccc23)=C1c1cc(OCCO)cc2ccccc12. The van der Waals surface area contributed by atoms with Gasteiger partial charge in [-0.3, -0.25) is 14.9 Å². The van der Waals surface area contributed by atoms with Gasteiger partial charge in [-0.2, -0.15) is 0 Å². The molecule has 2 amide bonds. The standard InChI is InChI=1S/C24H18N2O4/c27-9-10-30-15-11-14-5-1-2-6-16(14)18(12-15)21-22(24(29)26-23(21)28)19-13-25-20-8-4-3-7-17(19)20/h1-8,11-13,25,27H,9-10H2,(H,26,28,29). The number of nitrogens with one attached hydrogen (secondary N) is 2. The van der Waals surface area contributed by atoms with Gasteiger partial charge in [-0.05, 0) is 34.5 Å². The Morgan fingerprint density at radius 2 is 1.53 bits per heavy atom. The second-order valence-corrected chi connectivity index (χ2v) is 7.05. The van der Waals surface area contributed by atoms with Crippen LogP contribution in [0.15, 0.2) is 66.9 Å². The summed E-state index contributed by atoms with van der Waals surface area (Å²) in [5.74, 6) is -0.342. The molecule has 2 heterocycles. The number of H-pyrrole nitrogens is 1. The summed E-state index contributed by atoms with van der Waals surface area (Å²) in [6, 6.07) is 18.9. The lowest BCUT2D eigenvalue weighted by Crippen LogP contribution is -2.22. The third-order valence-corrected chi connectivity index (χ3v) is 5.25. The van der Waals surface area contributed by atoms with Crippen LogP contribution in [0.1, 0.15) is 11.1 Å². The Kier molecular flexibility index (Phi) is 4.34. The van der Waals surface area contributed by atoms with Crippen molar-refractivity contribution in [2.45, 2.75) is 0 Å². The van der Waals surface area contributed by atoms with Gasteiger partial charge in [-0.15, -0.1) is 0 Å². The number of ether oxygens (including phenoxy) is 1. The highest BCUT2D eigenvalue weighted by atomic mass is 16.5. The molecule has 148 valence electrons. The Bertz CT molecular complexity index is 1350. The maximum absolute atomic E-state index is 12.9. The molecule has 0 radical (unpaired) electrons. The summed E-state index contributed by atoms with van der Waals surface area (Å²) in [5, 5.41) is 14.2. The number of hydrogen-bond donors (Lipinski definition) is 3. The Labute approximate surface area is 171 Å². The number of benzene rings is 3. The fraction of sp³-hybridized carbons (Fsp3) is 0.0833. The minimum Gasteiger partial charge on any atom is -0.491 e. The maximum atomic E-state index is 12.9. The van der Waals surface area contributed by atoms with Crippen LogP contribution in [0, 0.1) is 0 Å². The zero-order chi connectivity index (χ0) is 20.7. The van der Waals surface area contributed by atoms with E-state index in [0.717, 1.165) is 21.7 Å². The summed E-state index contributed by atoms with van der Waals surface area (Å²) in [4.78, 5) is 28.9. The lowest BCUT2D eigenvalue weighted by atomic mass is 9.92. The maximum Gasteiger partial charge on any atom is 0.259 e. The van der Waals surface area contributed by atoms with E-state index in [-0.39, 0.29) is 13.2 Å². The van der Waals surface area contributed by atoms with Crippen molar-refractivity contribution < 1.29 is 19.4 Å². The highest BCUT2D eigenvalue weighted by molar-refractivity contribution is 6.50. The Hall–Kier alpha value is -3.90. The molecule has 0 spiro atoms. The van der Waals surface area contributed by atoms with Crippen molar-refractivity contribution >= 4 is 44.6 Å². The van der Waals surface area contributed by atoms with Gasteiger partial charge in [0, 0.05) is 22.7 Å². The lowest BCUT2D eigenvalue weighted by molar-refractivity contribution is -0.122.